The van der Waals surface area contributed by atoms with Crippen LogP contribution in [0.4, 0.5) is 0 Å². The molecule has 3 nitrogen and oxygen atoms in total. The van der Waals surface area contributed by atoms with Crippen LogP contribution in [0.1, 0.15) is 39.0 Å². The Kier molecular flexibility index (Phi) is 3.85. The molecule has 1 aromatic heterocycles. The van der Waals surface area contributed by atoms with E-state index in [0.717, 1.165) is 17.4 Å². The minimum Gasteiger partial charge on any atom is -0.423 e. The molecule has 0 N–H and O–H groups in total. The molecular weight excluding hydrogens is 312 g/mol. The molecule has 0 spiro atoms. The highest BCUT2D eigenvalue weighted by Gasteiger charge is 2.11. The molecule has 0 saturated heterocycles. The molecule has 3 heteroatoms. The van der Waals surface area contributed by atoms with Gasteiger partial charge in [-0.05, 0) is 48.1 Å². The van der Waals surface area contributed by atoms with Crippen LogP contribution in [-0.4, -0.2) is 5.78 Å². The molecule has 0 atom stereocenters. The van der Waals surface area contributed by atoms with Crippen LogP contribution in [0.3, 0.4) is 0 Å². The summed E-state index contributed by atoms with van der Waals surface area (Å²) >= 11 is 0. The van der Waals surface area contributed by atoms with Crippen molar-refractivity contribution in [2.45, 2.75) is 26.2 Å². The molecule has 0 saturated carbocycles. The van der Waals surface area contributed by atoms with Gasteiger partial charge in [0.1, 0.15) is 5.58 Å². The number of carbonyl (C=O) groups is 1. The third-order valence-electron chi connectivity index (χ3n) is 4.76. The second kappa shape index (κ2) is 6.17. The van der Waals surface area contributed by atoms with Gasteiger partial charge in [0.05, 0.1) is 0 Å². The van der Waals surface area contributed by atoms with Gasteiger partial charge in [-0.25, -0.2) is 4.79 Å². The Bertz CT molecular complexity index is 1070. The van der Waals surface area contributed by atoms with Crippen LogP contribution in [0.15, 0.2) is 57.8 Å². The molecule has 3 aromatic rings. The van der Waals surface area contributed by atoms with E-state index >= 15 is 0 Å². The van der Waals surface area contributed by atoms with Crippen molar-refractivity contribution in [2.75, 3.05) is 0 Å². The van der Waals surface area contributed by atoms with Crippen LogP contribution in [0.5, 0.6) is 0 Å². The zero-order valence-electron chi connectivity index (χ0n) is 14.0. The van der Waals surface area contributed by atoms with E-state index in [4.69, 9.17) is 4.42 Å². The standard InChI is InChI=1S/C22H18O3/c1-14-11-22(24)25-21-13-18(8-9-19(14)21)20(23)10-6-15-5-7-16-3-2-4-17(16)12-15/h2,4-5,7-9,11-13H,3,6,10H2,1H3. The van der Waals surface area contributed by atoms with Crippen molar-refractivity contribution < 1.29 is 9.21 Å². The quantitative estimate of drug-likeness (QED) is 0.523. The Morgan fingerprint density at radius 1 is 1.12 bits per heavy atom. The van der Waals surface area contributed by atoms with E-state index in [1.165, 1.54) is 22.8 Å². The maximum atomic E-state index is 12.5. The highest BCUT2D eigenvalue weighted by molar-refractivity contribution is 5.99. The molecule has 0 unspecified atom stereocenters. The van der Waals surface area contributed by atoms with Crippen LogP contribution in [0.2, 0.25) is 0 Å². The number of allylic oxidation sites excluding steroid dienone is 1. The van der Waals surface area contributed by atoms with Crippen molar-refractivity contribution in [2.24, 2.45) is 0 Å². The predicted octanol–water partition coefficient (Wildman–Crippen LogP) is 4.49. The number of carbonyl (C=O) groups excluding carboxylic acids is 1. The minimum absolute atomic E-state index is 0.0575. The summed E-state index contributed by atoms with van der Waals surface area (Å²) in [6, 6.07) is 13.2. The van der Waals surface area contributed by atoms with Gasteiger partial charge in [-0.3, -0.25) is 4.79 Å². The summed E-state index contributed by atoms with van der Waals surface area (Å²) in [4.78, 5) is 24.1. The molecule has 1 heterocycles. The third kappa shape index (κ3) is 3.05. The lowest BCUT2D eigenvalue weighted by atomic mass is 9.99. The van der Waals surface area contributed by atoms with Crippen LogP contribution in [-0.2, 0) is 12.8 Å². The van der Waals surface area contributed by atoms with Gasteiger partial charge >= 0.3 is 5.63 Å². The van der Waals surface area contributed by atoms with E-state index in [2.05, 4.69) is 30.4 Å². The molecule has 2 aromatic carbocycles. The fourth-order valence-corrected chi connectivity index (χ4v) is 3.35. The second-order valence-corrected chi connectivity index (χ2v) is 6.52. The van der Waals surface area contributed by atoms with E-state index in [1.807, 2.05) is 19.1 Å². The Labute approximate surface area is 145 Å². The van der Waals surface area contributed by atoms with E-state index in [1.54, 1.807) is 6.07 Å². The number of benzene rings is 2. The van der Waals surface area contributed by atoms with Crippen molar-refractivity contribution in [1.29, 1.82) is 0 Å². The van der Waals surface area contributed by atoms with Gasteiger partial charge in [-0.2, -0.15) is 0 Å². The van der Waals surface area contributed by atoms with Crippen LogP contribution in [0, 0.1) is 6.92 Å². The topological polar surface area (TPSA) is 47.3 Å². The summed E-state index contributed by atoms with van der Waals surface area (Å²) in [6.45, 7) is 1.86. The van der Waals surface area contributed by atoms with Gasteiger partial charge in [-0.15, -0.1) is 0 Å². The Hall–Kier alpha value is -2.94. The second-order valence-electron chi connectivity index (χ2n) is 6.52. The van der Waals surface area contributed by atoms with Gasteiger partial charge in [0, 0.05) is 23.4 Å². The maximum absolute atomic E-state index is 12.5. The molecule has 1 aliphatic rings. The highest BCUT2D eigenvalue weighted by Crippen LogP contribution is 2.22. The van der Waals surface area contributed by atoms with E-state index < -0.39 is 0 Å². The normalized spacial score (nSPS) is 12.5. The fraction of sp³-hybridized carbons (Fsp3) is 0.182. The molecule has 0 bridgehead atoms. The first-order valence-corrected chi connectivity index (χ1v) is 8.46. The van der Waals surface area contributed by atoms with Gasteiger partial charge < -0.3 is 4.42 Å². The molecule has 0 aliphatic heterocycles. The van der Waals surface area contributed by atoms with Crippen molar-refractivity contribution in [3.05, 3.63) is 86.8 Å². The molecule has 4 rings (SSSR count). The van der Waals surface area contributed by atoms with Gasteiger partial charge in [-0.1, -0.05) is 42.5 Å². The van der Waals surface area contributed by atoms with E-state index in [-0.39, 0.29) is 11.4 Å². The summed E-state index contributed by atoms with van der Waals surface area (Å²) in [5.41, 5.74) is 5.29. The molecule has 0 radical (unpaired) electrons. The van der Waals surface area contributed by atoms with Crippen molar-refractivity contribution in [3.63, 3.8) is 0 Å². The molecule has 124 valence electrons. The largest absolute Gasteiger partial charge is 0.423 e. The molecule has 1 aliphatic carbocycles. The van der Waals surface area contributed by atoms with E-state index in [0.29, 0.717) is 24.0 Å². The maximum Gasteiger partial charge on any atom is 0.336 e. The van der Waals surface area contributed by atoms with Crippen LogP contribution >= 0.6 is 0 Å². The molecule has 0 amide bonds. The molecule has 25 heavy (non-hydrogen) atoms. The Morgan fingerprint density at radius 2 is 2.00 bits per heavy atom. The number of aryl methyl sites for hydroxylation is 2. The molecular formula is C22H18O3. The third-order valence-corrected chi connectivity index (χ3v) is 4.76. The first-order chi connectivity index (χ1) is 12.1. The summed E-state index contributed by atoms with van der Waals surface area (Å²) in [5, 5.41) is 0.863. The van der Waals surface area contributed by atoms with Crippen LogP contribution in [0.25, 0.3) is 17.0 Å². The lowest BCUT2D eigenvalue weighted by molar-refractivity contribution is 0.0983. The van der Waals surface area contributed by atoms with Crippen molar-refractivity contribution >= 4 is 22.8 Å². The predicted molar refractivity (Wildman–Crippen MR) is 99.1 cm³/mol. The highest BCUT2D eigenvalue weighted by atomic mass is 16.4. The monoisotopic (exact) mass is 330 g/mol. The van der Waals surface area contributed by atoms with Gasteiger partial charge in [0.15, 0.2) is 5.78 Å². The first-order valence-electron chi connectivity index (χ1n) is 8.46. The number of fused-ring (bicyclic) bond motifs is 2. The smallest absolute Gasteiger partial charge is 0.336 e. The number of hydrogen-bond donors (Lipinski definition) is 0. The van der Waals surface area contributed by atoms with Crippen molar-refractivity contribution in [3.8, 4) is 0 Å². The molecule has 0 fully saturated rings. The number of rotatable bonds is 4. The fourth-order valence-electron chi connectivity index (χ4n) is 3.35. The van der Waals surface area contributed by atoms with E-state index in [9.17, 15) is 9.59 Å². The first kappa shape index (κ1) is 15.6. The van der Waals surface area contributed by atoms with Gasteiger partial charge in [0.2, 0.25) is 0 Å². The average Bonchev–Trinajstić information content (AvgIpc) is 3.06. The Morgan fingerprint density at radius 3 is 2.88 bits per heavy atom. The number of Topliss-reactive ketones (excluding diaryl/α,β-unsaturated/α-hetero) is 1. The Balaban J connectivity index is 1.54. The summed E-state index contributed by atoms with van der Waals surface area (Å²) in [5.74, 6) is 0.0575. The van der Waals surface area contributed by atoms with Gasteiger partial charge in [0.25, 0.3) is 0 Å². The lowest BCUT2D eigenvalue weighted by Crippen LogP contribution is -2.03. The van der Waals surface area contributed by atoms with Crippen LogP contribution < -0.4 is 5.63 Å². The zero-order chi connectivity index (χ0) is 17.4. The lowest BCUT2D eigenvalue weighted by Gasteiger charge is -2.06. The SMILES string of the molecule is Cc1cc(=O)oc2cc(C(=O)CCc3ccc4c(c3)C=CC4)ccc12. The number of hydrogen-bond acceptors (Lipinski definition) is 3. The summed E-state index contributed by atoms with van der Waals surface area (Å²) in [6.07, 6.45) is 6.43. The summed E-state index contributed by atoms with van der Waals surface area (Å²) < 4.78 is 5.23. The number of ketones is 1. The van der Waals surface area contributed by atoms with Crippen molar-refractivity contribution in [1.82, 2.24) is 0 Å². The minimum atomic E-state index is -0.388. The summed E-state index contributed by atoms with van der Waals surface area (Å²) in [7, 11) is 0. The zero-order valence-corrected chi connectivity index (χ0v) is 14.0. The average molecular weight is 330 g/mol.